The van der Waals surface area contributed by atoms with Crippen LogP contribution in [0.2, 0.25) is 0 Å². The molecule has 0 saturated carbocycles. The van der Waals surface area contributed by atoms with E-state index in [1.807, 2.05) is 19.2 Å². The van der Waals surface area contributed by atoms with Crippen molar-refractivity contribution in [3.8, 4) is 11.3 Å². The summed E-state index contributed by atoms with van der Waals surface area (Å²) in [6, 6.07) is 8.33. The fourth-order valence-corrected chi connectivity index (χ4v) is 2.44. The number of nitrogens with one attached hydrogen (secondary N) is 1. The van der Waals surface area contributed by atoms with Crippen molar-refractivity contribution in [2.24, 2.45) is 5.73 Å². The molecule has 0 aliphatic heterocycles. The van der Waals surface area contributed by atoms with Gasteiger partial charge in [-0.1, -0.05) is 12.1 Å². The van der Waals surface area contributed by atoms with Crippen LogP contribution in [0, 0.1) is 6.92 Å². The number of H-pyrrole nitrogens is 1. The molecule has 3 rings (SSSR count). The lowest BCUT2D eigenvalue weighted by Gasteiger charge is -2.11. The van der Waals surface area contributed by atoms with Crippen LogP contribution in [0.3, 0.4) is 0 Å². The van der Waals surface area contributed by atoms with Gasteiger partial charge in [-0.05, 0) is 37.1 Å². The molecule has 0 aliphatic carbocycles. The van der Waals surface area contributed by atoms with Crippen LogP contribution in [0.4, 0.5) is 0 Å². The summed E-state index contributed by atoms with van der Waals surface area (Å²) in [7, 11) is 0. The second-order valence-electron chi connectivity index (χ2n) is 4.82. The molecule has 19 heavy (non-hydrogen) atoms. The zero-order valence-corrected chi connectivity index (χ0v) is 11.0. The van der Waals surface area contributed by atoms with Crippen LogP contribution in [-0.4, -0.2) is 15.0 Å². The van der Waals surface area contributed by atoms with Gasteiger partial charge in [0.25, 0.3) is 0 Å². The van der Waals surface area contributed by atoms with Gasteiger partial charge in [-0.3, -0.25) is 0 Å². The number of benzene rings is 1. The van der Waals surface area contributed by atoms with Crippen molar-refractivity contribution in [1.29, 1.82) is 0 Å². The maximum absolute atomic E-state index is 5.95. The Bertz CT molecular complexity index is 728. The first kappa shape index (κ1) is 11.9. The number of rotatable bonds is 2. The second kappa shape index (κ2) is 4.48. The fraction of sp³-hybridized carbons (Fsp3) is 0.200. The van der Waals surface area contributed by atoms with Gasteiger partial charge in [0.2, 0.25) is 0 Å². The number of hydrogen-bond acceptors (Lipinski definition) is 3. The van der Waals surface area contributed by atoms with E-state index < -0.39 is 0 Å². The zero-order chi connectivity index (χ0) is 13.4. The van der Waals surface area contributed by atoms with Crippen molar-refractivity contribution >= 4 is 11.0 Å². The van der Waals surface area contributed by atoms with Crippen LogP contribution >= 0.6 is 0 Å². The first-order chi connectivity index (χ1) is 9.16. The normalized spacial score (nSPS) is 12.8. The Hall–Kier alpha value is -2.20. The third-order valence-corrected chi connectivity index (χ3v) is 3.39. The largest absolute Gasteiger partial charge is 0.346 e. The van der Waals surface area contributed by atoms with Crippen LogP contribution < -0.4 is 5.73 Å². The Balaban J connectivity index is 2.17. The van der Waals surface area contributed by atoms with Gasteiger partial charge in [0.1, 0.15) is 12.0 Å². The van der Waals surface area contributed by atoms with Crippen LogP contribution in [0.5, 0.6) is 0 Å². The van der Waals surface area contributed by atoms with E-state index in [-0.39, 0.29) is 6.04 Å². The number of nitrogens with two attached hydrogens (primary N) is 1. The number of fused-ring (bicyclic) bond motifs is 1. The van der Waals surface area contributed by atoms with Crippen LogP contribution in [-0.2, 0) is 0 Å². The van der Waals surface area contributed by atoms with Crippen molar-refractivity contribution in [1.82, 2.24) is 15.0 Å². The first-order valence-corrected chi connectivity index (χ1v) is 6.31. The predicted octanol–water partition coefficient (Wildman–Crippen LogP) is 2.95. The van der Waals surface area contributed by atoms with E-state index in [4.69, 9.17) is 5.73 Å². The molecule has 3 aromatic rings. The maximum atomic E-state index is 5.95. The highest BCUT2D eigenvalue weighted by Crippen LogP contribution is 2.27. The van der Waals surface area contributed by atoms with E-state index in [2.05, 4.69) is 40.1 Å². The maximum Gasteiger partial charge on any atom is 0.141 e. The summed E-state index contributed by atoms with van der Waals surface area (Å²) in [5, 5.41) is 1.04. The minimum atomic E-state index is 0.0479. The Labute approximate surface area is 111 Å². The molecule has 0 saturated heterocycles. The summed E-state index contributed by atoms with van der Waals surface area (Å²) in [4.78, 5) is 11.7. The summed E-state index contributed by atoms with van der Waals surface area (Å²) >= 11 is 0. The number of hydrogen-bond donors (Lipinski definition) is 2. The molecule has 3 N–H and O–H groups in total. The molecule has 96 valence electrons. The smallest absolute Gasteiger partial charge is 0.141 e. The lowest BCUT2D eigenvalue weighted by atomic mass is 9.98. The number of nitrogens with zero attached hydrogens (tertiary/aromatic N) is 2. The van der Waals surface area contributed by atoms with E-state index in [0.29, 0.717) is 0 Å². The monoisotopic (exact) mass is 252 g/mol. The highest BCUT2D eigenvalue weighted by molar-refractivity contribution is 5.90. The molecule has 1 unspecified atom stereocenters. The molecule has 1 atom stereocenters. The second-order valence-corrected chi connectivity index (χ2v) is 4.82. The number of aromatic amines is 1. The molecule has 0 bridgehead atoms. The third kappa shape index (κ3) is 2.00. The highest BCUT2D eigenvalue weighted by Gasteiger charge is 2.10. The topological polar surface area (TPSA) is 67.6 Å². The summed E-state index contributed by atoms with van der Waals surface area (Å²) in [5.74, 6) is 0. The minimum absolute atomic E-state index is 0.0479. The van der Waals surface area contributed by atoms with Gasteiger partial charge in [-0.2, -0.15) is 0 Å². The van der Waals surface area contributed by atoms with Gasteiger partial charge in [-0.25, -0.2) is 9.97 Å². The first-order valence-electron chi connectivity index (χ1n) is 6.31. The molecule has 4 heteroatoms. The molecular formula is C15H16N4. The van der Waals surface area contributed by atoms with Crippen LogP contribution in [0.1, 0.15) is 24.1 Å². The molecule has 0 radical (unpaired) electrons. The number of aromatic nitrogens is 3. The molecule has 0 fully saturated rings. The Morgan fingerprint density at radius 3 is 2.79 bits per heavy atom. The van der Waals surface area contributed by atoms with Gasteiger partial charge in [0, 0.05) is 23.2 Å². The van der Waals surface area contributed by atoms with Crippen LogP contribution in [0.15, 0.2) is 36.8 Å². The SMILES string of the molecule is Cc1cc(-c2ncnc3[nH]ccc23)ccc1C(C)N. The van der Waals surface area contributed by atoms with E-state index >= 15 is 0 Å². The summed E-state index contributed by atoms with van der Waals surface area (Å²) < 4.78 is 0. The average molecular weight is 252 g/mol. The molecule has 0 aliphatic rings. The van der Waals surface area contributed by atoms with Gasteiger partial charge in [-0.15, -0.1) is 0 Å². The highest BCUT2D eigenvalue weighted by atomic mass is 14.9. The van der Waals surface area contributed by atoms with Crippen molar-refractivity contribution < 1.29 is 0 Å². The molecule has 0 spiro atoms. The molecule has 4 nitrogen and oxygen atoms in total. The summed E-state index contributed by atoms with van der Waals surface area (Å²) in [5.41, 5.74) is 11.2. The van der Waals surface area contributed by atoms with Crippen molar-refractivity contribution in [2.75, 3.05) is 0 Å². The molecule has 0 amide bonds. The lowest BCUT2D eigenvalue weighted by Crippen LogP contribution is -2.06. The molecule has 1 aromatic carbocycles. The Morgan fingerprint density at radius 1 is 1.21 bits per heavy atom. The molecular weight excluding hydrogens is 236 g/mol. The van der Waals surface area contributed by atoms with E-state index in [0.717, 1.165) is 22.3 Å². The van der Waals surface area contributed by atoms with Gasteiger partial charge in [0.05, 0.1) is 5.69 Å². The minimum Gasteiger partial charge on any atom is -0.346 e. The summed E-state index contributed by atoms with van der Waals surface area (Å²) in [6.07, 6.45) is 3.47. The lowest BCUT2D eigenvalue weighted by molar-refractivity contribution is 0.810. The standard InChI is InChI=1S/C15H16N4/c1-9-7-11(3-4-12(9)10(2)16)14-13-5-6-17-15(13)19-8-18-14/h3-8,10H,16H2,1-2H3,(H,17,18,19). The van der Waals surface area contributed by atoms with Gasteiger partial charge < -0.3 is 10.7 Å². The quantitative estimate of drug-likeness (QED) is 0.736. The fourth-order valence-electron chi connectivity index (χ4n) is 2.44. The van der Waals surface area contributed by atoms with Gasteiger partial charge >= 0.3 is 0 Å². The van der Waals surface area contributed by atoms with E-state index in [1.165, 1.54) is 11.1 Å². The van der Waals surface area contributed by atoms with Crippen molar-refractivity contribution in [3.63, 3.8) is 0 Å². The predicted molar refractivity (Wildman–Crippen MR) is 76.7 cm³/mol. The molecule has 2 heterocycles. The van der Waals surface area contributed by atoms with Crippen molar-refractivity contribution in [2.45, 2.75) is 19.9 Å². The average Bonchev–Trinajstić information content (AvgIpc) is 2.86. The van der Waals surface area contributed by atoms with Gasteiger partial charge in [0.15, 0.2) is 0 Å². The Morgan fingerprint density at radius 2 is 2.05 bits per heavy atom. The number of aryl methyl sites for hydroxylation is 1. The van der Waals surface area contributed by atoms with E-state index in [1.54, 1.807) is 6.33 Å². The Kier molecular flexibility index (Phi) is 2.80. The summed E-state index contributed by atoms with van der Waals surface area (Å²) in [6.45, 7) is 4.08. The van der Waals surface area contributed by atoms with Crippen LogP contribution in [0.25, 0.3) is 22.3 Å². The van der Waals surface area contributed by atoms with Crippen molar-refractivity contribution in [3.05, 3.63) is 47.9 Å². The third-order valence-electron chi connectivity index (χ3n) is 3.39. The molecule has 2 aromatic heterocycles. The zero-order valence-electron chi connectivity index (χ0n) is 11.0. The van der Waals surface area contributed by atoms with E-state index in [9.17, 15) is 0 Å².